The van der Waals surface area contributed by atoms with E-state index in [4.69, 9.17) is 0 Å². The molecule has 0 unspecified atom stereocenters. The van der Waals surface area contributed by atoms with E-state index >= 15 is 0 Å². The number of anilines is 1. The second kappa shape index (κ2) is 5.71. The topological polar surface area (TPSA) is 58.2 Å². The van der Waals surface area contributed by atoms with Gasteiger partial charge in [0.2, 0.25) is 10.0 Å². The molecule has 2 N–H and O–H groups in total. The van der Waals surface area contributed by atoms with Crippen LogP contribution in [0.25, 0.3) is 0 Å². The minimum atomic E-state index is -3.21. The van der Waals surface area contributed by atoms with Crippen molar-refractivity contribution in [1.82, 2.24) is 5.32 Å². The Morgan fingerprint density at radius 1 is 1.39 bits per heavy atom. The Morgan fingerprint density at radius 3 is 3.00 bits per heavy atom. The Hall–Kier alpha value is -1.07. The fourth-order valence-corrected chi connectivity index (χ4v) is 3.46. The minimum Gasteiger partial charge on any atom is -0.312 e. The molecule has 4 nitrogen and oxygen atoms in total. The number of benzene rings is 1. The van der Waals surface area contributed by atoms with Gasteiger partial charge in [-0.2, -0.15) is 0 Å². The van der Waals surface area contributed by atoms with Gasteiger partial charge in [-0.25, -0.2) is 8.42 Å². The van der Waals surface area contributed by atoms with Crippen molar-refractivity contribution in [2.75, 3.05) is 17.0 Å². The van der Waals surface area contributed by atoms with Gasteiger partial charge in [-0.1, -0.05) is 25.5 Å². The van der Waals surface area contributed by atoms with Crippen LogP contribution >= 0.6 is 0 Å². The van der Waals surface area contributed by atoms with E-state index in [2.05, 4.69) is 16.1 Å². The summed E-state index contributed by atoms with van der Waals surface area (Å²) in [5.74, 6) is 0.195. The van der Waals surface area contributed by atoms with Gasteiger partial charge in [0.15, 0.2) is 0 Å². The van der Waals surface area contributed by atoms with Crippen LogP contribution in [0.5, 0.6) is 0 Å². The third-order valence-electron chi connectivity index (χ3n) is 3.18. The first-order chi connectivity index (χ1) is 8.62. The highest BCUT2D eigenvalue weighted by Gasteiger charge is 2.16. The van der Waals surface area contributed by atoms with Crippen molar-refractivity contribution in [3.8, 4) is 0 Å². The Kier molecular flexibility index (Phi) is 4.24. The molecule has 5 heteroatoms. The van der Waals surface area contributed by atoms with Gasteiger partial charge in [0.25, 0.3) is 0 Å². The molecular formula is C13H20N2O2S. The fourth-order valence-electron chi connectivity index (χ4n) is 2.16. The molecule has 0 fully saturated rings. The van der Waals surface area contributed by atoms with Crippen molar-refractivity contribution < 1.29 is 8.42 Å². The molecule has 2 rings (SSSR count). The molecule has 0 amide bonds. The van der Waals surface area contributed by atoms with Crippen LogP contribution in [-0.2, 0) is 23.0 Å². The first kappa shape index (κ1) is 13.4. The van der Waals surface area contributed by atoms with E-state index in [9.17, 15) is 8.42 Å². The largest absolute Gasteiger partial charge is 0.312 e. The summed E-state index contributed by atoms with van der Waals surface area (Å²) >= 11 is 0. The molecule has 1 aromatic carbocycles. The summed E-state index contributed by atoms with van der Waals surface area (Å²) in [4.78, 5) is 0. The Labute approximate surface area is 109 Å². The zero-order valence-corrected chi connectivity index (χ0v) is 11.5. The second-order valence-corrected chi connectivity index (χ2v) is 6.49. The van der Waals surface area contributed by atoms with Crippen molar-refractivity contribution in [1.29, 1.82) is 0 Å². The van der Waals surface area contributed by atoms with E-state index in [1.165, 1.54) is 5.56 Å². The smallest absolute Gasteiger partial charge is 0.232 e. The molecule has 0 saturated heterocycles. The fraction of sp³-hybridized carbons (Fsp3) is 0.538. The van der Waals surface area contributed by atoms with Crippen LogP contribution in [-0.4, -0.2) is 20.7 Å². The van der Waals surface area contributed by atoms with E-state index in [0.29, 0.717) is 6.42 Å². The predicted octanol–water partition coefficient (Wildman–Crippen LogP) is 1.87. The normalized spacial score (nSPS) is 15.2. The summed E-state index contributed by atoms with van der Waals surface area (Å²) in [6.45, 7) is 3.69. The standard InChI is InChI=1S/C13H20N2O2S/c1-2-3-9-18(16,17)15-13-6-4-5-11-7-8-14-10-12(11)13/h4-6,14-15H,2-3,7-10H2,1H3. The molecule has 1 aliphatic rings. The third-order valence-corrected chi connectivity index (χ3v) is 4.54. The van der Waals surface area contributed by atoms with Crippen molar-refractivity contribution >= 4 is 15.7 Å². The number of hydrogen-bond acceptors (Lipinski definition) is 3. The zero-order chi connectivity index (χ0) is 13.0. The van der Waals surface area contributed by atoms with E-state index in [-0.39, 0.29) is 5.75 Å². The molecule has 0 radical (unpaired) electrons. The Balaban J connectivity index is 2.19. The summed E-state index contributed by atoms with van der Waals surface area (Å²) in [5.41, 5.74) is 3.06. The number of nitrogens with one attached hydrogen (secondary N) is 2. The van der Waals surface area contributed by atoms with Crippen molar-refractivity contribution in [2.24, 2.45) is 0 Å². The summed E-state index contributed by atoms with van der Waals surface area (Å²) < 4.78 is 26.5. The lowest BCUT2D eigenvalue weighted by Crippen LogP contribution is -2.26. The average Bonchev–Trinajstić information content (AvgIpc) is 2.37. The van der Waals surface area contributed by atoms with Gasteiger partial charge in [0, 0.05) is 6.54 Å². The monoisotopic (exact) mass is 268 g/mol. The van der Waals surface area contributed by atoms with Gasteiger partial charge in [0.05, 0.1) is 11.4 Å². The Bertz CT molecular complexity index is 512. The predicted molar refractivity (Wildman–Crippen MR) is 74.2 cm³/mol. The average molecular weight is 268 g/mol. The molecule has 1 aliphatic heterocycles. The summed E-state index contributed by atoms with van der Waals surface area (Å²) in [6, 6.07) is 5.83. The highest BCUT2D eigenvalue weighted by Crippen LogP contribution is 2.23. The summed E-state index contributed by atoms with van der Waals surface area (Å²) in [5, 5.41) is 3.28. The number of hydrogen-bond donors (Lipinski definition) is 2. The van der Waals surface area contributed by atoms with Crippen LogP contribution in [0.15, 0.2) is 18.2 Å². The van der Waals surface area contributed by atoms with Crippen LogP contribution in [0.4, 0.5) is 5.69 Å². The maximum Gasteiger partial charge on any atom is 0.232 e. The molecule has 1 heterocycles. The lowest BCUT2D eigenvalue weighted by molar-refractivity contribution is 0.597. The van der Waals surface area contributed by atoms with Crippen molar-refractivity contribution in [3.63, 3.8) is 0 Å². The van der Waals surface area contributed by atoms with Crippen LogP contribution < -0.4 is 10.0 Å². The van der Waals surface area contributed by atoms with Crippen LogP contribution in [0.2, 0.25) is 0 Å². The summed E-state index contributed by atoms with van der Waals surface area (Å²) in [7, 11) is -3.21. The number of fused-ring (bicyclic) bond motifs is 1. The molecule has 0 bridgehead atoms. The molecular weight excluding hydrogens is 248 g/mol. The molecule has 0 saturated carbocycles. The van der Waals surface area contributed by atoms with Crippen molar-refractivity contribution in [2.45, 2.75) is 32.7 Å². The second-order valence-electron chi connectivity index (χ2n) is 4.64. The van der Waals surface area contributed by atoms with E-state index < -0.39 is 10.0 Å². The SMILES string of the molecule is CCCCS(=O)(=O)Nc1cccc2c1CNCC2. The zero-order valence-electron chi connectivity index (χ0n) is 10.7. The number of unbranched alkanes of at least 4 members (excludes halogenated alkanes) is 1. The molecule has 0 aromatic heterocycles. The number of rotatable bonds is 5. The molecule has 100 valence electrons. The van der Waals surface area contributed by atoms with Crippen LogP contribution in [0.1, 0.15) is 30.9 Å². The summed E-state index contributed by atoms with van der Waals surface area (Å²) in [6.07, 6.45) is 2.54. The lowest BCUT2D eigenvalue weighted by Gasteiger charge is -2.21. The molecule has 18 heavy (non-hydrogen) atoms. The maximum atomic E-state index is 11.9. The van der Waals surface area contributed by atoms with Gasteiger partial charge in [-0.05, 0) is 36.6 Å². The molecule has 0 spiro atoms. The van der Waals surface area contributed by atoms with E-state index in [1.807, 2.05) is 19.1 Å². The van der Waals surface area contributed by atoms with E-state index in [0.717, 1.165) is 37.2 Å². The molecule has 0 aliphatic carbocycles. The van der Waals surface area contributed by atoms with Crippen LogP contribution in [0.3, 0.4) is 0 Å². The third kappa shape index (κ3) is 3.23. The lowest BCUT2D eigenvalue weighted by atomic mass is 10.00. The van der Waals surface area contributed by atoms with Gasteiger partial charge < -0.3 is 5.32 Å². The van der Waals surface area contributed by atoms with Gasteiger partial charge in [-0.3, -0.25) is 4.72 Å². The van der Waals surface area contributed by atoms with Gasteiger partial charge in [0.1, 0.15) is 0 Å². The molecule has 1 aromatic rings. The first-order valence-electron chi connectivity index (χ1n) is 6.44. The molecule has 0 atom stereocenters. The van der Waals surface area contributed by atoms with Gasteiger partial charge >= 0.3 is 0 Å². The number of sulfonamides is 1. The van der Waals surface area contributed by atoms with E-state index in [1.54, 1.807) is 0 Å². The first-order valence-corrected chi connectivity index (χ1v) is 8.09. The van der Waals surface area contributed by atoms with Gasteiger partial charge in [-0.15, -0.1) is 0 Å². The highest BCUT2D eigenvalue weighted by molar-refractivity contribution is 7.92. The minimum absolute atomic E-state index is 0.195. The quantitative estimate of drug-likeness (QED) is 0.857. The van der Waals surface area contributed by atoms with Crippen molar-refractivity contribution in [3.05, 3.63) is 29.3 Å². The van der Waals surface area contributed by atoms with Crippen LogP contribution in [0, 0.1) is 0 Å². The Morgan fingerprint density at radius 2 is 2.22 bits per heavy atom. The highest BCUT2D eigenvalue weighted by atomic mass is 32.2. The maximum absolute atomic E-state index is 11.9.